The molecule has 2 aromatic carbocycles. The van der Waals surface area contributed by atoms with Gasteiger partial charge < -0.3 is 15.3 Å². The fraction of sp³-hybridized carbons (Fsp3) is 0.467. The maximum absolute atomic E-state index is 13.6. The molecule has 0 radical (unpaired) electrons. The number of aromatic nitrogens is 1. The highest BCUT2D eigenvalue weighted by Crippen LogP contribution is 2.41. The Bertz CT molecular complexity index is 1350. The molecule has 3 aromatic rings. The Kier molecular flexibility index (Phi) is 7.23. The molecule has 6 rings (SSSR count). The maximum Gasteiger partial charge on any atom is 0.169 e. The zero-order valence-electron chi connectivity index (χ0n) is 21.2. The van der Waals surface area contributed by atoms with Gasteiger partial charge in [-0.05, 0) is 86.3 Å². The molecule has 1 atom stereocenters. The first kappa shape index (κ1) is 25.8. The van der Waals surface area contributed by atoms with E-state index in [9.17, 15) is 14.3 Å². The molecule has 0 amide bonds. The number of likely N-dealkylation sites (tertiary alicyclic amines) is 1. The van der Waals surface area contributed by atoms with Crippen LogP contribution in [0.15, 0.2) is 36.5 Å². The molecule has 1 aromatic heterocycles. The zero-order valence-corrected chi connectivity index (χ0v) is 22.7. The lowest BCUT2D eigenvalue weighted by atomic mass is 9.85. The van der Waals surface area contributed by atoms with E-state index in [0.29, 0.717) is 24.4 Å². The number of carbonyl (C=O) groups excluding carboxylic acids is 1. The largest absolute Gasteiger partial charge is 0.505 e. The Morgan fingerprint density at radius 3 is 2.42 bits per heavy atom. The van der Waals surface area contributed by atoms with E-state index < -0.39 is 6.17 Å². The molecule has 3 fully saturated rings. The molecular formula is C30H32Cl2FN3O2. The highest BCUT2D eigenvalue weighted by Gasteiger charge is 2.33. The van der Waals surface area contributed by atoms with Gasteiger partial charge in [0, 0.05) is 43.2 Å². The fourth-order valence-corrected chi connectivity index (χ4v) is 6.51. The van der Waals surface area contributed by atoms with Crippen LogP contribution in [-0.4, -0.2) is 52.6 Å². The van der Waals surface area contributed by atoms with Crippen LogP contribution in [0.4, 0.5) is 10.1 Å². The van der Waals surface area contributed by atoms with Crippen molar-refractivity contribution in [2.45, 2.75) is 57.2 Å². The van der Waals surface area contributed by atoms with Gasteiger partial charge in [0.2, 0.25) is 0 Å². The summed E-state index contributed by atoms with van der Waals surface area (Å²) in [5, 5.41) is 15.0. The van der Waals surface area contributed by atoms with E-state index in [4.69, 9.17) is 23.2 Å². The lowest BCUT2D eigenvalue weighted by Crippen LogP contribution is -2.33. The highest BCUT2D eigenvalue weighted by molar-refractivity contribution is 6.37. The summed E-state index contributed by atoms with van der Waals surface area (Å²) >= 11 is 12.4. The van der Waals surface area contributed by atoms with Crippen molar-refractivity contribution in [3.63, 3.8) is 0 Å². The third kappa shape index (κ3) is 5.36. The number of benzene rings is 2. The van der Waals surface area contributed by atoms with Gasteiger partial charge in [0.1, 0.15) is 6.17 Å². The van der Waals surface area contributed by atoms with Crippen LogP contribution in [-0.2, 0) is 0 Å². The van der Waals surface area contributed by atoms with E-state index in [1.54, 1.807) is 18.3 Å². The number of anilines is 1. The molecule has 0 unspecified atom stereocenters. The number of Topliss-reactive ketones (excluding diaryl/α,β-unsaturated/α-hetero) is 1. The number of ketones is 1. The van der Waals surface area contributed by atoms with Crippen LogP contribution in [0.25, 0.3) is 22.0 Å². The second kappa shape index (κ2) is 10.6. The van der Waals surface area contributed by atoms with Crippen LogP contribution in [0.3, 0.4) is 0 Å². The standard InChI is InChI=1S/C30H32Cl2FN3O2/c31-25-12-20(13-26(32)30(25)38)19-5-8-27-23(11-19)28(24(14-34-27)29(37)18-3-4-18)35-22-6-1-17(2-7-22)15-36-10-9-21(33)16-36/h5,8,11-14,17-18,21-22,38H,1-4,6-7,9-10,15-16H2,(H,34,35)/t17-,21-,22-/m1/s1. The minimum absolute atomic E-state index is 0.0863. The van der Waals surface area contributed by atoms with Crippen molar-refractivity contribution in [1.82, 2.24) is 9.88 Å². The van der Waals surface area contributed by atoms with Gasteiger partial charge in [0.05, 0.1) is 26.8 Å². The third-order valence-electron chi connectivity index (χ3n) is 8.36. The second-order valence-electron chi connectivity index (χ2n) is 11.2. The van der Waals surface area contributed by atoms with Crippen molar-refractivity contribution in [1.29, 1.82) is 0 Å². The number of nitrogens with one attached hydrogen (secondary N) is 1. The van der Waals surface area contributed by atoms with Crippen LogP contribution in [0, 0.1) is 11.8 Å². The summed E-state index contributed by atoms with van der Waals surface area (Å²) in [6.07, 6.45) is 7.80. The molecule has 2 heterocycles. The minimum Gasteiger partial charge on any atom is -0.505 e. The Balaban J connectivity index is 1.28. The Labute approximate surface area is 232 Å². The smallest absolute Gasteiger partial charge is 0.169 e. The molecule has 2 aliphatic carbocycles. The molecule has 200 valence electrons. The molecule has 2 saturated carbocycles. The summed E-state index contributed by atoms with van der Waals surface area (Å²) in [6.45, 7) is 2.43. The van der Waals surface area contributed by atoms with Crippen molar-refractivity contribution < 1.29 is 14.3 Å². The van der Waals surface area contributed by atoms with Crippen molar-refractivity contribution in [3.8, 4) is 16.9 Å². The molecule has 8 heteroatoms. The van der Waals surface area contributed by atoms with Gasteiger partial charge in [-0.25, -0.2) is 4.39 Å². The first-order valence-electron chi connectivity index (χ1n) is 13.6. The van der Waals surface area contributed by atoms with Crippen LogP contribution in [0.2, 0.25) is 10.0 Å². The summed E-state index contributed by atoms with van der Waals surface area (Å²) in [5.74, 6) is 0.703. The Morgan fingerprint density at radius 2 is 1.76 bits per heavy atom. The molecule has 5 nitrogen and oxygen atoms in total. The van der Waals surface area contributed by atoms with E-state index in [1.165, 1.54) is 0 Å². The number of pyridine rings is 1. The number of rotatable bonds is 7. The van der Waals surface area contributed by atoms with Crippen molar-refractivity contribution in [3.05, 3.63) is 52.1 Å². The van der Waals surface area contributed by atoms with Crippen molar-refractivity contribution in [2.24, 2.45) is 11.8 Å². The van der Waals surface area contributed by atoms with Crippen LogP contribution in [0.5, 0.6) is 5.75 Å². The fourth-order valence-electron chi connectivity index (χ4n) is 6.02. The number of alkyl halides is 1. The average Bonchev–Trinajstić information content (AvgIpc) is 3.69. The number of phenolic OH excluding ortho intramolecular Hbond substituents is 1. The maximum atomic E-state index is 13.6. The number of nitrogens with zero attached hydrogens (tertiary/aromatic N) is 2. The number of fused-ring (bicyclic) bond motifs is 1. The topological polar surface area (TPSA) is 65.5 Å². The van der Waals surface area contributed by atoms with Gasteiger partial charge in [-0.1, -0.05) is 29.3 Å². The van der Waals surface area contributed by atoms with E-state index >= 15 is 0 Å². The number of carbonyl (C=O) groups is 1. The van der Waals surface area contributed by atoms with Gasteiger partial charge in [-0.2, -0.15) is 0 Å². The predicted octanol–water partition coefficient (Wildman–Crippen LogP) is 7.52. The molecular weight excluding hydrogens is 524 g/mol. The van der Waals surface area contributed by atoms with Gasteiger partial charge in [0.25, 0.3) is 0 Å². The highest BCUT2D eigenvalue weighted by atomic mass is 35.5. The van der Waals surface area contributed by atoms with E-state index in [1.807, 2.05) is 18.2 Å². The number of aromatic hydroxyl groups is 1. The molecule has 2 N–H and O–H groups in total. The summed E-state index contributed by atoms with van der Waals surface area (Å²) in [4.78, 5) is 20.2. The first-order chi connectivity index (χ1) is 18.4. The SMILES string of the molecule is O=C(c1cnc2ccc(-c3cc(Cl)c(O)c(Cl)c3)cc2c1N[C@H]1CC[C@H](CN2CC[C@@H](F)C2)CC1)C1CC1. The van der Waals surface area contributed by atoms with E-state index in [-0.39, 0.29) is 33.5 Å². The monoisotopic (exact) mass is 555 g/mol. The summed E-state index contributed by atoms with van der Waals surface area (Å²) in [7, 11) is 0. The van der Waals surface area contributed by atoms with Crippen LogP contribution < -0.4 is 5.32 Å². The Morgan fingerprint density at radius 1 is 1.03 bits per heavy atom. The second-order valence-corrected chi connectivity index (χ2v) is 12.0. The summed E-state index contributed by atoms with van der Waals surface area (Å²) < 4.78 is 13.6. The van der Waals surface area contributed by atoms with Gasteiger partial charge in [0.15, 0.2) is 11.5 Å². The molecule has 1 saturated heterocycles. The minimum atomic E-state index is -0.672. The van der Waals surface area contributed by atoms with Gasteiger partial charge in [-0.15, -0.1) is 0 Å². The van der Waals surface area contributed by atoms with Crippen molar-refractivity contribution >= 4 is 45.6 Å². The number of phenols is 1. The van der Waals surface area contributed by atoms with Gasteiger partial charge in [-0.3, -0.25) is 9.78 Å². The van der Waals surface area contributed by atoms with Gasteiger partial charge >= 0.3 is 0 Å². The van der Waals surface area contributed by atoms with Crippen LogP contribution in [0.1, 0.15) is 55.3 Å². The first-order valence-corrected chi connectivity index (χ1v) is 14.4. The predicted molar refractivity (Wildman–Crippen MR) is 151 cm³/mol. The molecule has 38 heavy (non-hydrogen) atoms. The lowest BCUT2D eigenvalue weighted by molar-refractivity contribution is 0.0968. The van der Waals surface area contributed by atoms with E-state index in [0.717, 1.165) is 79.3 Å². The van der Waals surface area contributed by atoms with E-state index in [2.05, 4.69) is 15.2 Å². The number of hydrogen-bond acceptors (Lipinski definition) is 5. The Hall–Kier alpha value is -2.41. The molecule has 0 bridgehead atoms. The average molecular weight is 557 g/mol. The number of hydrogen-bond donors (Lipinski definition) is 2. The molecule has 3 aliphatic rings. The molecule has 1 aliphatic heterocycles. The number of halogens is 3. The third-order valence-corrected chi connectivity index (χ3v) is 8.93. The zero-order chi connectivity index (χ0) is 26.4. The normalized spacial score (nSPS) is 24.1. The summed E-state index contributed by atoms with van der Waals surface area (Å²) in [6, 6.07) is 9.57. The molecule has 0 spiro atoms. The lowest BCUT2D eigenvalue weighted by Gasteiger charge is -2.32. The summed E-state index contributed by atoms with van der Waals surface area (Å²) in [5.41, 5.74) is 3.98. The quantitative estimate of drug-likeness (QED) is 0.295. The van der Waals surface area contributed by atoms with Crippen LogP contribution >= 0.6 is 23.2 Å². The van der Waals surface area contributed by atoms with Crippen molar-refractivity contribution in [2.75, 3.05) is 25.0 Å².